The van der Waals surface area contributed by atoms with Crippen LogP contribution in [0, 0.1) is 5.82 Å². The molecule has 3 aromatic rings. The molecule has 0 saturated carbocycles. The van der Waals surface area contributed by atoms with Crippen molar-refractivity contribution in [3.63, 3.8) is 0 Å². The van der Waals surface area contributed by atoms with Crippen molar-refractivity contribution in [3.8, 4) is 0 Å². The van der Waals surface area contributed by atoms with Crippen LogP contribution < -0.4 is 10.2 Å². The Bertz CT molecular complexity index is 1060. The summed E-state index contributed by atoms with van der Waals surface area (Å²) in [4.78, 5) is 32.7. The number of nitrogens with zero attached hydrogens (tertiary/aromatic N) is 5. The predicted octanol–water partition coefficient (Wildman–Crippen LogP) is 2.94. The normalized spacial score (nSPS) is 13.9. The molecule has 0 spiro atoms. The van der Waals surface area contributed by atoms with Gasteiger partial charge in [-0.2, -0.15) is 0 Å². The third kappa shape index (κ3) is 4.39. The van der Waals surface area contributed by atoms with Gasteiger partial charge in [0.2, 0.25) is 5.13 Å². The van der Waals surface area contributed by atoms with Crippen LogP contribution in [0.25, 0.3) is 0 Å². The zero-order valence-electron chi connectivity index (χ0n) is 15.6. The summed E-state index contributed by atoms with van der Waals surface area (Å²) >= 11 is 6.98. The molecule has 0 radical (unpaired) electrons. The maximum Gasteiger partial charge on any atom is 0.259 e. The Morgan fingerprint density at radius 3 is 2.57 bits per heavy atom. The minimum absolute atomic E-state index is 0.0109. The van der Waals surface area contributed by atoms with Crippen molar-refractivity contribution < 1.29 is 14.0 Å². The zero-order valence-corrected chi connectivity index (χ0v) is 17.2. The Labute approximate surface area is 180 Å². The summed E-state index contributed by atoms with van der Waals surface area (Å²) in [5, 5.41) is 10.8. The standard InChI is InChI=1S/C19H16ClFN6O2S/c20-13-2-3-14(15(21)9-13)18(29)27-7-5-26(6-8-27)16-4-1-12(10-22-16)17(28)24-19-25-23-11-30-19/h1-4,9-11H,5-8H2,(H,24,25,28). The van der Waals surface area contributed by atoms with Crippen LogP contribution in [-0.2, 0) is 0 Å². The number of carbonyl (C=O) groups excluding carboxylic acids is 2. The molecule has 8 nitrogen and oxygen atoms in total. The van der Waals surface area contributed by atoms with Gasteiger partial charge in [-0.1, -0.05) is 22.9 Å². The molecule has 1 N–H and O–H groups in total. The van der Waals surface area contributed by atoms with E-state index in [1.54, 1.807) is 17.0 Å². The van der Waals surface area contributed by atoms with Crippen molar-refractivity contribution >= 4 is 45.7 Å². The van der Waals surface area contributed by atoms with E-state index >= 15 is 0 Å². The Kier molecular flexibility index (Phi) is 5.86. The Morgan fingerprint density at radius 1 is 1.13 bits per heavy atom. The minimum atomic E-state index is -0.626. The van der Waals surface area contributed by atoms with Crippen LogP contribution in [0.15, 0.2) is 42.0 Å². The second-order valence-corrected chi connectivity index (χ2v) is 7.78. The van der Waals surface area contributed by atoms with Gasteiger partial charge in [-0.25, -0.2) is 9.37 Å². The van der Waals surface area contributed by atoms with Crippen molar-refractivity contribution in [2.75, 3.05) is 36.4 Å². The van der Waals surface area contributed by atoms with Crippen molar-refractivity contribution in [1.82, 2.24) is 20.1 Å². The number of amides is 2. The van der Waals surface area contributed by atoms with Crippen LogP contribution in [0.1, 0.15) is 20.7 Å². The first kappa shape index (κ1) is 20.2. The number of rotatable bonds is 4. The van der Waals surface area contributed by atoms with E-state index in [0.29, 0.717) is 42.7 Å². The summed E-state index contributed by atoms with van der Waals surface area (Å²) in [6.07, 6.45) is 1.49. The number of nitrogens with one attached hydrogen (secondary N) is 1. The van der Waals surface area contributed by atoms with Gasteiger partial charge in [0.05, 0.1) is 11.1 Å². The second-order valence-electron chi connectivity index (χ2n) is 6.51. The van der Waals surface area contributed by atoms with Crippen LogP contribution in [-0.4, -0.2) is 58.1 Å². The fourth-order valence-electron chi connectivity index (χ4n) is 3.08. The minimum Gasteiger partial charge on any atom is -0.353 e. The number of hydrogen-bond donors (Lipinski definition) is 1. The number of anilines is 2. The van der Waals surface area contributed by atoms with Crippen LogP contribution in [0.5, 0.6) is 0 Å². The SMILES string of the molecule is O=C(Nc1nncs1)c1ccc(N2CCN(C(=O)c3ccc(Cl)cc3F)CC2)nc1. The Morgan fingerprint density at radius 2 is 1.93 bits per heavy atom. The maximum atomic E-state index is 14.0. The topological polar surface area (TPSA) is 91.3 Å². The molecule has 154 valence electrons. The van der Waals surface area contributed by atoms with E-state index in [2.05, 4.69) is 20.5 Å². The molecule has 0 unspecified atom stereocenters. The summed E-state index contributed by atoms with van der Waals surface area (Å²) in [5.41, 5.74) is 1.95. The van der Waals surface area contributed by atoms with Gasteiger partial charge in [0.15, 0.2) is 0 Å². The van der Waals surface area contributed by atoms with Crippen molar-refractivity contribution in [3.05, 3.63) is 64.0 Å². The first-order valence-corrected chi connectivity index (χ1v) is 10.3. The van der Waals surface area contributed by atoms with E-state index in [-0.39, 0.29) is 22.4 Å². The number of pyridine rings is 1. The fraction of sp³-hybridized carbons (Fsp3) is 0.211. The number of halogens is 2. The van der Waals surface area contributed by atoms with Gasteiger partial charge in [-0.05, 0) is 30.3 Å². The number of hydrogen-bond acceptors (Lipinski definition) is 7. The molecular formula is C19H16ClFN6O2S. The van der Waals surface area contributed by atoms with Crippen LogP contribution in [0.3, 0.4) is 0 Å². The molecule has 1 fully saturated rings. The Balaban J connectivity index is 1.35. The van der Waals surface area contributed by atoms with E-state index in [1.807, 2.05) is 4.90 Å². The first-order chi connectivity index (χ1) is 14.5. The van der Waals surface area contributed by atoms with Crippen LogP contribution in [0.2, 0.25) is 5.02 Å². The monoisotopic (exact) mass is 446 g/mol. The summed E-state index contributed by atoms with van der Waals surface area (Å²) in [6.45, 7) is 1.96. The molecule has 30 heavy (non-hydrogen) atoms. The Hall–Kier alpha value is -3.11. The predicted molar refractivity (Wildman–Crippen MR) is 112 cm³/mol. The third-order valence-corrected chi connectivity index (χ3v) is 5.48. The van der Waals surface area contributed by atoms with Gasteiger partial charge in [-0.15, -0.1) is 10.2 Å². The highest BCUT2D eigenvalue weighted by Crippen LogP contribution is 2.19. The van der Waals surface area contributed by atoms with Crippen LogP contribution >= 0.6 is 22.9 Å². The molecule has 2 aromatic heterocycles. The number of carbonyl (C=O) groups is 2. The fourth-order valence-corrected chi connectivity index (χ4v) is 3.67. The van der Waals surface area contributed by atoms with Crippen molar-refractivity contribution in [2.45, 2.75) is 0 Å². The van der Waals surface area contributed by atoms with Crippen molar-refractivity contribution in [1.29, 1.82) is 0 Å². The summed E-state index contributed by atoms with van der Waals surface area (Å²) in [5.74, 6) is -0.599. The van der Waals surface area contributed by atoms with E-state index < -0.39 is 5.82 Å². The molecule has 0 atom stereocenters. The lowest BCUT2D eigenvalue weighted by atomic mass is 10.1. The number of aromatic nitrogens is 3. The molecule has 1 aliphatic heterocycles. The molecule has 4 rings (SSSR count). The van der Waals surface area contributed by atoms with Gasteiger partial charge in [0, 0.05) is 37.4 Å². The molecule has 11 heteroatoms. The summed E-state index contributed by atoms with van der Waals surface area (Å²) in [6, 6.07) is 7.47. The molecule has 1 saturated heterocycles. The molecule has 3 heterocycles. The largest absolute Gasteiger partial charge is 0.353 e. The average molecular weight is 447 g/mol. The number of piperazine rings is 1. The smallest absolute Gasteiger partial charge is 0.259 e. The first-order valence-electron chi connectivity index (χ1n) is 9.04. The van der Waals surface area contributed by atoms with E-state index in [9.17, 15) is 14.0 Å². The van der Waals surface area contributed by atoms with E-state index in [4.69, 9.17) is 11.6 Å². The summed E-state index contributed by atoms with van der Waals surface area (Å²) < 4.78 is 14.0. The average Bonchev–Trinajstić information content (AvgIpc) is 3.26. The van der Waals surface area contributed by atoms with E-state index in [0.717, 1.165) is 6.07 Å². The van der Waals surface area contributed by atoms with Crippen LogP contribution in [0.4, 0.5) is 15.3 Å². The van der Waals surface area contributed by atoms with Gasteiger partial charge in [0.1, 0.15) is 17.1 Å². The van der Waals surface area contributed by atoms with Gasteiger partial charge in [-0.3, -0.25) is 14.9 Å². The summed E-state index contributed by atoms with van der Waals surface area (Å²) in [7, 11) is 0. The van der Waals surface area contributed by atoms with Gasteiger partial charge < -0.3 is 9.80 Å². The molecule has 2 amide bonds. The second kappa shape index (κ2) is 8.72. The molecular weight excluding hydrogens is 431 g/mol. The maximum absolute atomic E-state index is 14.0. The van der Waals surface area contributed by atoms with E-state index in [1.165, 1.54) is 35.2 Å². The lowest BCUT2D eigenvalue weighted by molar-refractivity contribution is 0.0741. The molecule has 1 aromatic carbocycles. The molecule has 0 bridgehead atoms. The number of benzene rings is 1. The highest BCUT2D eigenvalue weighted by molar-refractivity contribution is 7.13. The van der Waals surface area contributed by atoms with Gasteiger partial charge >= 0.3 is 0 Å². The van der Waals surface area contributed by atoms with Gasteiger partial charge in [0.25, 0.3) is 11.8 Å². The third-order valence-electron chi connectivity index (χ3n) is 4.64. The lowest BCUT2D eigenvalue weighted by Gasteiger charge is -2.35. The molecule has 0 aliphatic carbocycles. The highest BCUT2D eigenvalue weighted by atomic mass is 35.5. The quantitative estimate of drug-likeness (QED) is 0.662. The highest BCUT2D eigenvalue weighted by Gasteiger charge is 2.25. The lowest BCUT2D eigenvalue weighted by Crippen LogP contribution is -2.49. The van der Waals surface area contributed by atoms with Crippen molar-refractivity contribution in [2.24, 2.45) is 0 Å². The molecule has 1 aliphatic rings. The zero-order chi connectivity index (χ0) is 21.1.